The molecule has 1 heterocycles. The number of hydrogen-bond donors (Lipinski definition) is 0. The van der Waals surface area contributed by atoms with Crippen molar-refractivity contribution in [2.75, 3.05) is 26.3 Å². The highest BCUT2D eigenvalue weighted by molar-refractivity contribution is 5.69. The second-order valence-electron chi connectivity index (χ2n) is 4.97. The Morgan fingerprint density at radius 2 is 2.12 bits per heavy atom. The molecule has 0 radical (unpaired) electrons. The molecule has 0 N–H and O–H groups in total. The number of amides is 1. The van der Waals surface area contributed by atoms with Crippen LogP contribution in [0.2, 0.25) is 0 Å². The molecule has 90 valence electrons. The lowest BCUT2D eigenvalue weighted by Gasteiger charge is -2.39. The van der Waals surface area contributed by atoms with Crippen LogP contribution >= 0.6 is 0 Å². The fourth-order valence-electron chi connectivity index (χ4n) is 1.44. The molecular weight excluding hydrogens is 206 g/mol. The molecule has 1 rings (SSSR count). The molecule has 1 aliphatic rings. The van der Waals surface area contributed by atoms with Crippen molar-refractivity contribution >= 4 is 6.09 Å². The third kappa shape index (κ3) is 4.11. The Balaban J connectivity index is 2.16. The zero-order valence-electron chi connectivity index (χ0n) is 10.2. The van der Waals surface area contributed by atoms with Crippen molar-refractivity contribution in [1.82, 2.24) is 4.90 Å². The summed E-state index contributed by atoms with van der Waals surface area (Å²) in [6.45, 7) is 7.92. The molecule has 1 amide bonds. The zero-order valence-corrected chi connectivity index (χ0v) is 10.2. The van der Waals surface area contributed by atoms with Gasteiger partial charge in [0, 0.05) is 19.0 Å². The molecule has 0 saturated carbocycles. The topological polar surface area (TPSA) is 38.8 Å². The smallest absolute Gasteiger partial charge is 0.410 e. The molecule has 0 bridgehead atoms. The summed E-state index contributed by atoms with van der Waals surface area (Å²) < 4.78 is 10.4. The van der Waals surface area contributed by atoms with Crippen LogP contribution in [0.1, 0.15) is 20.8 Å². The van der Waals surface area contributed by atoms with Crippen molar-refractivity contribution in [2.24, 2.45) is 5.92 Å². The number of rotatable bonds is 3. The monoisotopic (exact) mass is 225 g/mol. The summed E-state index contributed by atoms with van der Waals surface area (Å²) in [5.74, 6) is 2.80. The van der Waals surface area contributed by atoms with Crippen molar-refractivity contribution in [3.05, 3.63) is 0 Å². The van der Waals surface area contributed by atoms with Crippen LogP contribution in [0.4, 0.5) is 4.79 Å². The lowest BCUT2D eigenvalue weighted by atomic mass is 10.0. The van der Waals surface area contributed by atoms with E-state index in [9.17, 15) is 4.79 Å². The Bertz CT molecular complexity index is 282. The molecule has 1 saturated heterocycles. The molecule has 0 unspecified atom stereocenters. The van der Waals surface area contributed by atoms with Gasteiger partial charge in [0.1, 0.15) is 12.2 Å². The van der Waals surface area contributed by atoms with Crippen LogP contribution in [0.3, 0.4) is 0 Å². The summed E-state index contributed by atoms with van der Waals surface area (Å²) in [6, 6.07) is 0. The number of ether oxygens (including phenoxy) is 2. The maximum Gasteiger partial charge on any atom is 0.410 e. The fourth-order valence-corrected chi connectivity index (χ4v) is 1.44. The van der Waals surface area contributed by atoms with Crippen molar-refractivity contribution in [3.63, 3.8) is 0 Å². The van der Waals surface area contributed by atoms with Crippen LogP contribution in [-0.4, -0.2) is 42.9 Å². The van der Waals surface area contributed by atoms with E-state index in [-0.39, 0.29) is 6.09 Å². The Morgan fingerprint density at radius 3 is 2.62 bits per heavy atom. The molecule has 1 aliphatic heterocycles. The van der Waals surface area contributed by atoms with E-state index in [0.717, 1.165) is 0 Å². The molecule has 4 heteroatoms. The van der Waals surface area contributed by atoms with Crippen molar-refractivity contribution < 1.29 is 14.3 Å². The van der Waals surface area contributed by atoms with E-state index in [1.807, 2.05) is 20.8 Å². The number of carbonyl (C=O) groups excluding carboxylic acids is 1. The van der Waals surface area contributed by atoms with Gasteiger partial charge >= 0.3 is 6.09 Å². The highest BCUT2D eigenvalue weighted by Gasteiger charge is 2.33. The summed E-state index contributed by atoms with van der Waals surface area (Å²) in [4.78, 5) is 13.2. The third-order valence-electron chi connectivity index (χ3n) is 2.15. The number of hydrogen-bond acceptors (Lipinski definition) is 3. The van der Waals surface area contributed by atoms with E-state index in [4.69, 9.17) is 15.9 Å². The molecule has 1 fully saturated rings. The van der Waals surface area contributed by atoms with E-state index in [2.05, 4.69) is 5.92 Å². The Morgan fingerprint density at radius 1 is 1.50 bits per heavy atom. The fraction of sp³-hybridized carbons (Fsp3) is 0.750. The number of nitrogens with zero attached hydrogens (tertiary/aromatic N) is 1. The summed E-state index contributed by atoms with van der Waals surface area (Å²) in [7, 11) is 0. The van der Waals surface area contributed by atoms with Crippen molar-refractivity contribution in [2.45, 2.75) is 26.4 Å². The molecule has 0 aliphatic carbocycles. The van der Waals surface area contributed by atoms with Crippen molar-refractivity contribution in [1.29, 1.82) is 0 Å². The highest BCUT2D eigenvalue weighted by atomic mass is 16.6. The van der Waals surface area contributed by atoms with Gasteiger partial charge in [0.25, 0.3) is 0 Å². The highest BCUT2D eigenvalue weighted by Crippen LogP contribution is 2.19. The van der Waals surface area contributed by atoms with Gasteiger partial charge in [0.05, 0.1) is 6.61 Å². The maximum atomic E-state index is 11.5. The minimum absolute atomic E-state index is 0.249. The molecular formula is C12H19NO3. The van der Waals surface area contributed by atoms with E-state index in [0.29, 0.717) is 32.2 Å². The van der Waals surface area contributed by atoms with Gasteiger partial charge in [0.2, 0.25) is 0 Å². The van der Waals surface area contributed by atoms with Gasteiger partial charge < -0.3 is 14.4 Å². The van der Waals surface area contributed by atoms with Gasteiger partial charge in [-0.3, -0.25) is 0 Å². The van der Waals surface area contributed by atoms with Gasteiger partial charge in [-0.1, -0.05) is 5.92 Å². The first kappa shape index (κ1) is 12.9. The van der Waals surface area contributed by atoms with Gasteiger partial charge in [0.15, 0.2) is 0 Å². The quantitative estimate of drug-likeness (QED) is 0.539. The average molecular weight is 225 g/mol. The Labute approximate surface area is 96.9 Å². The van der Waals surface area contributed by atoms with E-state index >= 15 is 0 Å². The molecule has 0 spiro atoms. The van der Waals surface area contributed by atoms with Gasteiger partial charge in [-0.25, -0.2) is 4.79 Å². The molecule has 16 heavy (non-hydrogen) atoms. The summed E-state index contributed by atoms with van der Waals surface area (Å²) in [5, 5.41) is 0. The minimum Gasteiger partial charge on any atom is -0.444 e. The zero-order chi connectivity index (χ0) is 12.2. The van der Waals surface area contributed by atoms with Gasteiger partial charge in [-0.2, -0.15) is 0 Å². The van der Waals surface area contributed by atoms with E-state index in [1.165, 1.54) is 0 Å². The van der Waals surface area contributed by atoms with Crippen LogP contribution in [0.25, 0.3) is 0 Å². The Kier molecular flexibility index (Phi) is 4.19. The average Bonchev–Trinajstić information content (AvgIpc) is 2.05. The number of terminal acetylenes is 1. The maximum absolute atomic E-state index is 11.5. The summed E-state index contributed by atoms with van der Waals surface area (Å²) >= 11 is 0. The van der Waals surface area contributed by atoms with Crippen LogP contribution in [0.5, 0.6) is 0 Å². The summed E-state index contributed by atoms with van der Waals surface area (Å²) in [6.07, 6.45) is 4.81. The normalized spacial score (nSPS) is 16.5. The van der Waals surface area contributed by atoms with Gasteiger partial charge in [-0.05, 0) is 20.8 Å². The van der Waals surface area contributed by atoms with Crippen LogP contribution < -0.4 is 0 Å². The standard InChI is InChI=1S/C12H19NO3/c1-5-6-15-9-10-7-13(8-10)11(14)16-12(2,3)4/h1,10H,6-9H2,2-4H3. The third-order valence-corrected chi connectivity index (χ3v) is 2.15. The predicted molar refractivity (Wildman–Crippen MR) is 60.9 cm³/mol. The van der Waals surface area contributed by atoms with Crippen LogP contribution in [0.15, 0.2) is 0 Å². The first-order chi connectivity index (χ1) is 7.42. The largest absolute Gasteiger partial charge is 0.444 e. The first-order valence-electron chi connectivity index (χ1n) is 5.41. The predicted octanol–water partition coefficient (Wildman–Crippen LogP) is 1.50. The number of likely N-dealkylation sites (tertiary alicyclic amines) is 1. The SMILES string of the molecule is C#CCOCC1CN(C(=O)OC(C)(C)C)C1. The lowest BCUT2D eigenvalue weighted by molar-refractivity contribution is -0.0170. The first-order valence-corrected chi connectivity index (χ1v) is 5.41. The van der Waals surface area contributed by atoms with E-state index < -0.39 is 5.60 Å². The molecule has 0 aromatic rings. The van der Waals surface area contributed by atoms with Gasteiger partial charge in [-0.15, -0.1) is 6.42 Å². The second kappa shape index (κ2) is 5.22. The van der Waals surface area contributed by atoms with Crippen LogP contribution in [0, 0.1) is 18.3 Å². The molecule has 4 nitrogen and oxygen atoms in total. The lowest BCUT2D eigenvalue weighted by Crippen LogP contribution is -2.53. The van der Waals surface area contributed by atoms with Crippen molar-refractivity contribution in [3.8, 4) is 12.3 Å². The summed E-state index contributed by atoms with van der Waals surface area (Å²) in [5.41, 5.74) is -0.428. The van der Waals surface area contributed by atoms with E-state index in [1.54, 1.807) is 4.90 Å². The molecule has 0 atom stereocenters. The number of carbonyl (C=O) groups is 1. The minimum atomic E-state index is -0.428. The second-order valence-corrected chi connectivity index (χ2v) is 4.97. The molecule has 0 aromatic heterocycles. The van der Waals surface area contributed by atoms with Crippen LogP contribution in [-0.2, 0) is 9.47 Å². The Hall–Kier alpha value is -1.21. The molecule has 0 aromatic carbocycles.